The lowest BCUT2D eigenvalue weighted by molar-refractivity contribution is -0.132. The van der Waals surface area contributed by atoms with Crippen LogP contribution in [0, 0.1) is 5.92 Å². The Labute approximate surface area is 154 Å². The van der Waals surface area contributed by atoms with Crippen LogP contribution in [0.4, 0.5) is 0 Å². The Hall–Kier alpha value is -2.08. The number of nitrogens with one attached hydrogen (secondary N) is 1. The second-order valence-electron chi connectivity index (χ2n) is 7.00. The first kappa shape index (κ1) is 18.7. The van der Waals surface area contributed by atoms with Crippen LogP contribution in [0.5, 0.6) is 11.5 Å². The number of Topliss-reactive ketones (excluding diaryl/α,β-unsaturated/α-hetero) is 1. The van der Waals surface area contributed by atoms with Gasteiger partial charge in [0, 0.05) is 31.5 Å². The third kappa shape index (κ3) is 4.75. The molecule has 1 aromatic carbocycles. The zero-order valence-electron chi connectivity index (χ0n) is 15.5. The monoisotopic (exact) mass is 360 g/mol. The van der Waals surface area contributed by atoms with E-state index in [2.05, 4.69) is 5.32 Å². The summed E-state index contributed by atoms with van der Waals surface area (Å²) in [6, 6.07) is 5.22. The van der Waals surface area contributed by atoms with Crippen LogP contribution in [0.25, 0.3) is 0 Å². The normalized spacial score (nSPS) is 17.2. The van der Waals surface area contributed by atoms with E-state index in [1.165, 1.54) is 6.42 Å². The molecule has 0 atom stereocenters. The number of ether oxygens (including phenoxy) is 2. The predicted octanol–water partition coefficient (Wildman–Crippen LogP) is 2.27. The van der Waals surface area contributed by atoms with E-state index in [1.807, 2.05) is 11.9 Å². The molecule has 0 aliphatic carbocycles. The van der Waals surface area contributed by atoms with Gasteiger partial charge in [-0.1, -0.05) is 0 Å². The Balaban J connectivity index is 1.45. The van der Waals surface area contributed by atoms with Gasteiger partial charge in [0.15, 0.2) is 17.3 Å². The van der Waals surface area contributed by atoms with Crippen LogP contribution in [-0.2, 0) is 4.79 Å². The summed E-state index contributed by atoms with van der Waals surface area (Å²) in [6.45, 7) is 3.67. The zero-order chi connectivity index (χ0) is 18.4. The van der Waals surface area contributed by atoms with Gasteiger partial charge in [-0.25, -0.2) is 0 Å². The third-order valence-corrected chi connectivity index (χ3v) is 5.20. The topological polar surface area (TPSA) is 67.9 Å². The lowest BCUT2D eigenvalue weighted by Gasteiger charge is -2.32. The van der Waals surface area contributed by atoms with Gasteiger partial charge in [-0.3, -0.25) is 9.59 Å². The highest BCUT2D eigenvalue weighted by molar-refractivity contribution is 5.98. The van der Waals surface area contributed by atoms with Gasteiger partial charge in [0.05, 0.1) is 0 Å². The van der Waals surface area contributed by atoms with Crippen molar-refractivity contribution in [2.75, 3.05) is 39.9 Å². The number of amides is 1. The smallest absolute Gasteiger partial charge is 0.223 e. The van der Waals surface area contributed by atoms with E-state index < -0.39 is 0 Å². The number of likely N-dealkylation sites (tertiary alicyclic amines) is 1. The average molecular weight is 360 g/mol. The van der Waals surface area contributed by atoms with Gasteiger partial charge in [0.2, 0.25) is 5.91 Å². The van der Waals surface area contributed by atoms with E-state index in [4.69, 9.17) is 9.47 Å². The SMILES string of the molecule is CNCCC1CCN(C(=O)CCC(=O)c2ccc3c(c2)OCCO3)CC1. The van der Waals surface area contributed by atoms with Crippen molar-refractivity contribution in [2.24, 2.45) is 5.92 Å². The number of ketones is 1. The summed E-state index contributed by atoms with van der Waals surface area (Å²) in [5.41, 5.74) is 0.577. The number of benzene rings is 1. The van der Waals surface area contributed by atoms with Gasteiger partial charge in [-0.05, 0) is 57.0 Å². The molecule has 0 saturated carbocycles. The quantitative estimate of drug-likeness (QED) is 0.756. The van der Waals surface area contributed by atoms with Crippen LogP contribution >= 0.6 is 0 Å². The molecule has 3 rings (SSSR count). The minimum atomic E-state index is -0.0285. The van der Waals surface area contributed by atoms with E-state index >= 15 is 0 Å². The average Bonchev–Trinajstić information content (AvgIpc) is 2.70. The molecule has 0 bridgehead atoms. The van der Waals surface area contributed by atoms with Crippen molar-refractivity contribution in [1.29, 1.82) is 0 Å². The standard InChI is InChI=1S/C20H28N2O4/c1-21-9-6-15-7-10-22(11-8-15)20(24)5-3-17(23)16-2-4-18-19(14-16)26-13-12-25-18/h2,4,14-15,21H,3,5-13H2,1H3. The number of hydrogen-bond donors (Lipinski definition) is 1. The molecule has 2 aliphatic heterocycles. The fourth-order valence-electron chi connectivity index (χ4n) is 3.56. The van der Waals surface area contributed by atoms with Crippen LogP contribution in [0.15, 0.2) is 18.2 Å². The molecule has 0 spiro atoms. The summed E-state index contributed by atoms with van der Waals surface area (Å²) in [4.78, 5) is 26.7. The highest BCUT2D eigenvalue weighted by Crippen LogP contribution is 2.31. The van der Waals surface area contributed by atoms with Gasteiger partial charge >= 0.3 is 0 Å². The summed E-state index contributed by atoms with van der Waals surface area (Å²) in [5, 5.41) is 3.18. The van der Waals surface area contributed by atoms with Gasteiger partial charge < -0.3 is 19.7 Å². The molecule has 6 nitrogen and oxygen atoms in total. The maximum atomic E-state index is 12.4. The van der Waals surface area contributed by atoms with Crippen LogP contribution in [-0.4, -0.2) is 56.5 Å². The Morgan fingerprint density at radius 2 is 1.85 bits per heavy atom. The van der Waals surface area contributed by atoms with Gasteiger partial charge in [-0.15, -0.1) is 0 Å². The summed E-state index contributed by atoms with van der Waals surface area (Å²) < 4.78 is 11.0. The number of nitrogens with zero attached hydrogens (tertiary/aromatic N) is 1. The van der Waals surface area contributed by atoms with Crippen molar-refractivity contribution in [3.63, 3.8) is 0 Å². The van der Waals surface area contributed by atoms with Crippen LogP contribution in [0.3, 0.4) is 0 Å². The molecule has 2 aliphatic rings. The summed E-state index contributed by atoms with van der Waals surface area (Å²) in [5.74, 6) is 2.04. The fourth-order valence-corrected chi connectivity index (χ4v) is 3.56. The van der Waals surface area contributed by atoms with Gasteiger partial charge in [0.1, 0.15) is 13.2 Å². The molecule has 0 radical (unpaired) electrons. The summed E-state index contributed by atoms with van der Waals surface area (Å²) in [7, 11) is 1.97. The first-order valence-corrected chi connectivity index (χ1v) is 9.52. The zero-order valence-corrected chi connectivity index (χ0v) is 15.5. The Morgan fingerprint density at radius 1 is 1.12 bits per heavy atom. The molecule has 1 N–H and O–H groups in total. The molecular weight excluding hydrogens is 332 g/mol. The molecule has 6 heteroatoms. The Kier molecular flexibility index (Phi) is 6.50. The van der Waals surface area contributed by atoms with E-state index in [9.17, 15) is 9.59 Å². The predicted molar refractivity (Wildman–Crippen MR) is 98.8 cm³/mol. The number of rotatable bonds is 7. The molecule has 142 valence electrons. The highest BCUT2D eigenvalue weighted by atomic mass is 16.6. The van der Waals surface area contributed by atoms with E-state index in [-0.39, 0.29) is 24.5 Å². The molecule has 0 aromatic heterocycles. The van der Waals surface area contributed by atoms with Gasteiger partial charge in [-0.2, -0.15) is 0 Å². The Bertz CT molecular complexity index is 639. The molecule has 1 saturated heterocycles. The van der Waals surface area contributed by atoms with Crippen LogP contribution in [0.1, 0.15) is 42.5 Å². The first-order valence-electron chi connectivity index (χ1n) is 9.52. The van der Waals surface area contributed by atoms with Crippen LogP contribution in [0.2, 0.25) is 0 Å². The molecule has 26 heavy (non-hydrogen) atoms. The number of carbonyl (C=O) groups excluding carboxylic acids is 2. The van der Waals surface area contributed by atoms with E-state index in [0.717, 1.165) is 32.5 Å². The van der Waals surface area contributed by atoms with Crippen molar-refractivity contribution in [3.05, 3.63) is 23.8 Å². The minimum absolute atomic E-state index is 0.0285. The second kappa shape index (κ2) is 9.03. The van der Waals surface area contributed by atoms with E-state index in [0.29, 0.717) is 36.2 Å². The molecule has 1 fully saturated rings. The van der Waals surface area contributed by atoms with Crippen molar-refractivity contribution < 1.29 is 19.1 Å². The number of hydrogen-bond acceptors (Lipinski definition) is 5. The van der Waals surface area contributed by atoms with Crippen molar-refractivity contribution in [2.45, 2.75) is 32.1 Å². The largest absolute Gasteiger partial charge is 0.486 e. The number of piperidine rings is 1. The van der Waals surface area contributed by atoms with Crippen molar-refractivity contribution in [1.82, 2.24) is 10.2 Å². The summed E-state index contributed by atoms with van der Waals surface area (Å²) in [6.07, 6.45) is 3.79. The molecular formula is C20H28N2O4. The third-order valence-electron chi connectivity index (χ3n) is 5.20. The molecule has 1 amide bonds. The summed E-state index contributed by atoms with van der Waals surface area (Å²) >= 11 is 0. The first-order chi connectivity index (χ1) is 12.7. The maximum Gasteiger partial charge on any atom is 0.223 e. The number of carbonyl (C=O) groups is 2. The number of fused-ring (bicyclic) bond motifs is 1. The second-order valence-corrected chi connectivity index (χ2v) is 7.00. The van der Waals surface area contributed by atoms with Crippen molar-refractivity contribution in [3.8, 4) is 11.5 Å². The maximum absolute atomic E-state index is 12.4. The van der Waals surface area contributed by atoms with Crippen molar-refractivity contribution >= 4 is 11.7 Å². The fraction of sp³-hybridized carbons (Fsp3) is 0.600. The van der Waals surface area contributed by atoms with Gasteiger partial charge in [0.25, 0.3) is 0 Å². The molecule has 1 aromatic rings. The van der Waals surface area contributed by atoms with Crippen LogP contribution < -0.4 is 14.8 Å². The minimum Gasteiger partial charge on any atom is -0.486 e. The lowest BCUT2D eigenvalue weighted by atomic mass is 9.93. The Morgan fingerprint density at radius 3 is 2.58 bits per heavy atom. The molecule has 0 unspecified atom stereocenters. The highest BCUT2D eigenvalue weighted by Gasteiger charge is 2.23. The molecule has 2 heterocycles. The lowest BCUT2D eigenvalue weighted by Crippen LogP contribution is -2.39. The van der Waals surface area contributed by atoms with E-state index in [1.54, 1.807) is 18.2 Å².